The third-order valence-corrected chi connectivity index (χ3v) is 18.2. The second kappa shape index (κ2) is 68.5. The van der Waals surface area contributed by atoms with Gasteiger partial charge in [0.25, 0.3) is 0 Å². The molecule has 0 aliphatic rings. The van der Waals surface area contributed by atoms with E-state index in [2.05, 4.69) is 76.3 Å². The van der Waals surface area contributed by atoms with Crippen LogP contribution in [0.4, 0.5) is 0 Å². The van der Waals surface area contributed by atoms with Crippen molar-refractivity contribution in [2.45, 2.75) is 367 Å². The number of hydrogen-bond acceptors (Lipinski definition) is 15. The summed E-state index contributed by atoms with van der Waals surface area (Å²) in [5.74, 6) is -2.17. The van der Waals surface area contributed by atoms with E-state index < -0.39 is 97.5 Å². The van der Waals surface area contributed by atoms with Gasteiger partial charge in [-0.1, -0.05) is 288 Å². The van der Waals surface area contributed by atoms with Gasteiger partial charge in [0.05, 0.1) is 26.4 Å². The lowest BCUT2D eigenvalue weighted by atomic mass is 10.0. The number of aliphatic hydroxyl groups is 1. The Hall–Kier alpha value is -2.98. The van der Waals surface area contributed by atoms with Crippen molar-refractivity contribution in [2.75, 3.05) is 39.6 Å². The van der Waals surface area contributed by atoms with E-state index in [0.29, 0.717) is 25.7 Å². The number of esters is 4. The highest BCUT2D eigenvalue weighted by Crippen LogP contribution is 2.45. The van der Waals surface area contributed by atoms with Crippen LogP contribution < -0.4 is 0 Å². The van der Waals surface area contributed by atoms with Crippen molar-refractivity contribution in [1.82, 2.24) is 0 Å². The van der Waals surface area contributed by atoms with Crippen LogP contribution in [-0.2, 0) is 65.4 Å². The van der Waals surface area contributed by atoms with Crippen LogP contribution in [0.5, 0.6) is 0 Å². The minimum Gasteiger partial charge on any atom is -0.462 e. The minimum absolute atomic E-state index is 0.0991. The van der Waals surface area contributed by atoms with E-state index in [1.165, 1.54) is 122 Å². The third kappa shape index (κ3) is 67.6. The molecule has 0 aliphatic carbocycles. The summed E-state index contributed by atoms with van der Waals surface area (Å²) < 4.78 is 68.4. The molecule has 550 valence electrons. The van der Waals surface area contributed by atoms with Crippen molar-refractivity contribution in [3.63, 3.8) is 0 Å². The molecule has 0 saturated heterocycles. The van der Waals surface area contributed by atoms with Crippen molar-refractivity contribution >= 4 is 39.5 Å². The Labute approximate surface area is 572 Å². The van der Waals surface area contributed by atoms with Gasteiger partial charge < -0.3 is 33.8 Å². The van der Waals surface area contributed by atoms with Crippen LogP contribution in [0.25, 0.3) is 0 Å². The van der Waals surface area contributed by atoms with Gasteiger partial charge in [-0.2, -0.15) is 0 Å². The molecule has 19 heteroatoms. The van der Waals surface area contributed by atoms with Gasteiger partial charge in [0, 0.05) is 25.7 Å². The summed E-state index contributed by atoms with van der Waals surface area (Å²) in [7, 11) is -9.93. The molecule has 0 fully saturated rings. The van der Waals surface area contributed by atoms with Crippen LogP contribution in [0.15, 0.2) is 48.6 Å². The quantitative estimate of drug-likeness (QED) is 0.0169. The average molecular weight is 1370 g/mol. The predicted octanol–water partition coefficient (Wildman–Crippen LogP) is 21.3. The fraction of sp³-hybridized carbons (Fsp3) is 0.840. The van der Waals surface area contributed by atoms with Crippen molar-refractivity contribution in [1.29, 1.82) is 0 Å². The van der Waals surface area contributed by atoms with E-state index >= 15 is 0 Å². The van der Waals surface area contributed by atoms with E-state index in [4.69, 9.17) is 37.0 Å². The van der Waals surface area contributed by atoms with E-state index in [1.807, 2.05) is 0 Å². The summed E-state index contributed by atoms with van der Waals surface area (Å²) in [6.07, 6.45) is 63.8. The molecule has 0 spiro atoms. The molecular formula is C75H138O17P2. The van der Waals surface area contributed by atoms with E-state index in [0.717, 1.165) is 148 Å². The molecule has 5 atom stereocenters. The number of phosphoric acid groups is 2. The molecule has 0 rings (SSSR count). The Bertz CT molecular complexity index is 1980. The van der Waals surface area contributed by atoms with Crippen LogP contribution in [0.3, 0.4) is 0 Å². The van der Waals surface area contributed by atoms with Crippen molar-refractivity contribution in [3.05, 3.63) is 48.6 Å². The number of unbranched alkanes of at least 4 members (excludes halogenated alkanes) is 38. The Balaban J connectivity index is 5.31. The summed E-state index contributed by atoms with van der Waals surface area (Å²) in [6, 6.07) is 0. The molecule has 0 radical (unpaired) electrons. The molecule has 17 nitrogen and oxygen atoms in total. The standard InChI is InChI=1S/C75H138O17P2/c1-5-9-13-17-21-25-29-33-34-38-40-44-48-52-56-60-73(78)86-66-71(92-75(80)62-58-54-50-46-42-37-32-28-24-20-16-12-8-4)68-90-94(83,84)88-64-69(76)63-87-93(81,82)89-67-70(91-74(79)61-57-53-49-45-41-36-31-27-23-19-15-11-7-3)65-85-72(77)59-55-51-47-43-39-35-30-26-22-18-14-10-6-2/h14,18,21,25-26,30,33-34,69-71,76H,5-13,15-17,19-20,22-24,27-29,31-32,35-68H2,1-4H3,(H,81,82)(H,83,84)/b18-14-,25-21-,30-26-,34-33-. The summed E-state index contributed by atoms with van der Waals surface area (Å²) in [4.78, 5) is 72.7. The van der Waals surface area contributed by atoms with Crippen LogP contribution in [-0.4, -0.2) is 96.7 Å². The zero-order chi connectivity index (χ0) is 69.0. The van der Waals surface area contributed by atoms with Crippen LogP contribution >= 0.6 is 15.6 Å². The highest BCUT2D eigenvalue weighted by Gasteiger charge is 2.30. The molecule has 0 aromatic heterocycles. The largest absolute Gasteiger partial charge is 0.472 e. The van der Waals surface area contributed by atoms with Gasteiger partial charge in [-0.15, -0.1) is 0 Å². The topological polar surface area (TPSA) is 237 Å². The summed E-state index contributed by atoms with van der Waals surface area (Å²) in [6.45, 7) is 4.81. The molecule has 0 saturated carbocycles. The maximum absolute atomic E-state index is 13.1. The molecule has 0 heterocycles. The van der Waals surface area contributed by atoms with E-state index in [-0.39, 0.29) is 25.7 Å². The second-order valence-electron chi connectivity index (χ2n) is 25.6. The van der Waals surface area contributed by atoms with E-state index in [1.54, 1.807) is 0 Å². The lowest BCUT2D eigenvalue weighted by molar-refractivity contribution is -0.161. The van der Waals surface area contributed by atoms with Gasteiger partial charge in [-0.05, 0) is 83.5 Å². The molecule has 0 aromatic carbocycles. The minimum atomic E-state index is -4.96. The van der Waals surface area contributed by atoms with Crippen LogP contribution in [0, 0.1) is 0 Å². The molecule has 0 aliphatic heterocycles. The van der Waals surface area contributed by atoms with Crippen LogP contribution in [0.2, 0.25) is 0 Å². The first-order valence-corrected chi connectivity index (χ1v) is 40.9. The molecule has 0 bridgehead atoms. The number of ether oxygens (including phenoxy) is 4. The fourth-order valence-corrected chi connectivity index (χ4v) is 12.0. The number of allylic oxidation sites excluding steroid dienone is 8. The Morgan fingerprint density at radius 2 is 0.543 bits per heavy atom. The fourth-order valence-electron chi connectivity index (χ4n) is 10.5. The van der Waals surface area contributed by atoms with Gasteiger partial charge in [0.2, 0.25) is 0 Å². The van der Waals surface area contributed by atoms with Gasteiger partial charge >= 0.3 is 39.5 Å². The number of phosphoric ester groups is 2. The van der Waals surface area contributed by atoms with Gasteiger partial charge in [0.1, 0.15) is 19.3 Å². The molecule has 3 N–H and O–H groups in total. The predicted molar refractivity (Wildman–Crippen MR) is 381 cm³/mol. The smallest absolute Gasteiger partial charge is 0.462 e. The normalized spacial score (nSPS) is 14.2. The van der Waals surface area contributed by atoms with Crippen molar-refractivity contribution < 1.29 is 80.2 Å². The van der Waals surface area contributed by atoms with Crippen LogP contribution in [0.1, 0.15) is 349 Å². The molecule has 94 heavy (non-hydrogen) atoms. The van der Waals surface area contributed by atoms with Gasteiger partial charge in [-0.25, -0.2) is 9.13 Å². The molecule has 0 amide bonds. The number of rotatable bonds is 72. The number of hydrogen-bond donors (Lipinski definition) is 3. The molecule has 5 unspecified atom stereocenters. The van der Waals surface area contributed by atoms with Gasteiger partial charge in [-0.3, -0.25) is 37.3 Å². The number of carbonyl (C=O) groups is 4. The highest BCUT2D eigenvalue weighted by atomic mass is 31.2. The average Bonchev–Trinajstić information content (AvgIpc) is 2.45. The van der Waals surface area contributed by atoms with Crippen molar-refractivity contribution in [3.8, 4) is 0 Å². The number of carbonyl (C=O) groups excluding carboxylic acids is 4. The Kier molecular flexibility index (Phi) is 66.4. The first-order valence-electron chi connectivity index (χ1n) is 37.9. The zero-order valence-electron chi connectivity index (χ0n) is 59.9. The third-order valence-electron chi connectivity index (χ3n) is 16.3. The lowest BCUT2D eigenvalue weighted by Crippen LogP contribution is -2.30. The SMILES string of the molecule is CCC/C=C\C/C=C\CCCCCCCC(=O)OCC(COP(=O)(O)OCC(O)COP(=O)(O)OCC(COC(=O)CCCCCCC/C=C\C/C=C\CCCCC)OC(=O)CCCCCCCCCCCCCCC)OC(=O)CCCCCCCCCCCCCCC. The maximum Gasteiger partial charge on any atom is 0.472 e. The lowest BCUT2D eigenvalue weighted by Gasteiger charge is -2.21. The number of aliphatic hydroxyl groups excluding tert-OH is 1. The maximum atomic E-state index is 13.1. The Morgan fingerprint density at radius 3 is 0.851 bits per heavy atom. The summed E-state index contributed by atoms with van der Waals surface area (Å²) >= 11 is 0. The Morgan fingerprint density at radius 1 is 0.298 bits per heavy atom. The van der Waals surface area contributed by atoms with Crippen molar-refractivity contribution in [2.24, 2.45) is 0 Å². The van der Waals surface area contributed by atoms with Gasteiger partial charge in [0.15, 0.2) is 12.2 Å². The monoisotopic (exact) mass is 1370 g/mol. The summed E-state index contributed by atoms with van der Waals surface area (Å²) in [5, 5.41) is 10.6. The summed E-state index contributed by atoms with van der Waals surface area (Å²) in [5.41, 5.74) is 0. The second-order valence-corrected chi connectivity index (χ2v) is 28.5. The zero-order valence-corrected chi connectivity index (χ0v) is 61.7. The van der Waals surface area contributed by atoms with E-state index in [9.17, 15) is 43.2 Å². The molecular weight excluding hydrogens is 1230 g/mol. The highest BCUT2D eigenvalue weighted by molar-refractivity contribution is 7.47. The molecule has 0 aromatic rings. The first-order chi connectivity index (χ1) is 45.7. The first kappa shape index (κ1) is 91.0.